The molecule has 2 N–H and O–H groups in total. The van der Waals surface area contributed by atoms with Gasteiger partial charge < -0.3 is 5.32 Å². The van der Waals surface area contributed by atoms with E-state index in [-0.39, 0.29) is 31.8 Å². The van der Waals surface area contributed by atoms with Gasteiger partial charge >= 0.3 is 0 Å². The molecule has 0 atom stereocenters. The maximum atomic E-state index is 14.0. The van der Waals surface area contributed by atoms with Crippen molar-refractivity contribution in [3.63, 3.8) is 0 Å². The Labute approximate surface area is 192 Å². The molecule has 0 aromatic heterocycles. The average Bonchev–Trinajstić information content (AvgIpc) is 2.70. The number of sulfonamides is 1. The quantitative estimate of drug-likeness (QED) is 0.381. The summed E-state index contributed by atoms with van der Waals surface area (Å²) < 4.78 is 67.0. The van der Waals surface area contributed by atoms with Crippen LogP contribution >= 0.6 is 23.4 Å². The van der Waals surface area contributed by atoms with Crippen LogP contribution in [0.15, 0.2) is 70.5 Å². The molecule has 0 aliphatic rings. The molecule has 3 aromatic rings. The van der Waals surface area contributed by atoms with Crippen LogP contribution in [0.5, 0.6) is 0 Å². The lowest BCUT2D eigenvalue weighted by molar-refractivity contribution is 0.102. The molecule has 1 amide bonds. The van der Waals surface area contributed by atoms with Gasteiger partial charge in [0.1, 0.15) is 5.82 Å². The normalized spacial score (nSPS) is 11.4. The molecule has 5 nitrogen and oxygen atoms in total. The number of aryl methyl sites for hydroxylation is 1. The van der Waals surface area contributed by atoms with Crippen molar-refractivity contribution in [1.29, 1.82) is 0 Å². The van der Waals surface area contributed by atoms with Crippen LogP contribution < -0.4 is 10.0 Å². The van der Waals surface area contributed by atoms with E-state index in [2.05, 4.69) is 10.0 Å². The Morgan fingerprint density at radius 2 is 1.69 bits per heavy atom. The molecule has 0 unspecified atom stereocenters. The number of hydrogen-bond acceptors (Lipinski definition) is 4. The minimum atomic E-state index is -4.08. The number of amides is 1. The first-order valence-electron chi connectivity index (χ1n) is 9.00. The lowest BCUT2D eigenvalue weighted by Crippen LogP contribution is -2.17. The van der Waals surface area contributed by atoms with Gasteiger partial charge in [-0.25, -0.2) is 12.8 Å². The predicted octanol–water partition coefficient (Wildman–Crippen LogP) is 6.16. The Hall–Kier alpha value is -2.69. The summed E-state index contributed by atoms with van der Waals surface area (Å²) in [6, 6.07) is 13.5. The average molecular weight is 501 g/mol. The highest BCUT2D eigenvalue weighted by Gasteiger charge is 2.20. The zero-order valence-electron chi connectivity index (χ0n) is 16.4. The molecule has 3 rings (SSSR count). The van der Waals surface area contributed by atoms with Crippen LogP contribution in [-0.2, 0) is 10.0 Å². The number of thioether (sulfide) groups is 1. The SMILES string of the molecule is Cc1ccc(NC(=O)c2c(F)cccc2Cl)cc1S(=O)(=O)Nc1ccc(SC(F)F)cc1. The van der Waals surface area contributed by atoms with Crippen molar-refractivity contribution in [3.05, 3.63) is 82.6 Å². The van der Waals surface area contributed by atoms with Gasteiger partial charge in [0, 0.05) is 16.3 Å². The first kappa shape index (κ1) is 24.0. The number of rotatable bonds is 7. The minimum absolute atomic E-state index is 0.0856. The Kier molecular flexibility index (Phi) is 7.37. The van der Waals surface area contributed by atoms with Gasteiger partial charge in [0.2, 0.25) is 0 Å². The van der Waals surface area contributed by atoms with Gasteiger partial charge in [0.05, 0.1) is 15.5 Å². The van der Waals surface area contributed by atoms with E-state index in [1.54, 1.807) is 6.92 Å². The van der Waals surface area contributed by atoms with E-state index in [1.807, 2.05) is 0 Å². The van der Waals surface area contributed by atoms with Gasteiger partial charge in [-0.3, -0.25) is 9.52 Å². The molecule has 0 fully saturated rings. The number of nitrogens with one attached hydrogen (secondary N) is 2. The molecule has 0 bridgehead atoms. The highest BCUT2D eigenvalue weighted by Crippen LogP contribution is 2.28. The highest BCUT2D eigenvalue weighted by molar-refractivity contribution is 7.99. The summed E-state index contributed by atoms with van der Waals surface area (Å²) in [6.07, 6.45) is 0. The van der Waals surface area contributed by atoms with Crippen molar-refractivity contribution in [2.45, 2.75) is 22.5 Å². The highest BCUT2D eigenvalue weighted by atomic mass is 35.5. The Balaban J connectivity index is 1.83. The Morgan fingerprint density at radius 1 is 1.03 bits per heavy atom. The summed E-state index contributed by atoms with van der Waals surface area (Å²) in [6.45, 7) is 1.57. The van der Waals surface area contributed by atoms with E-state index in [0.29, 0.717) is 17.3 Å². The molecule has 0 radical (unpaired) electrons. The van der Waals surface area contributed by atoms with Crippen LogP contribution in [-0.4, -0.2) is 20.1 Å². The van der Waals surface area contributed by atoms with Crippen molar-refractivity contribution in [3.8, 4) is 0 Å². The van der Waals surface area contributed by atoms with Crippen molar-refractivity contribution in [2.75, 3.05) is 10.0 Å². The molecule has 168 valence electrons. The molecule has 11 heteroatoms. The van der Waals surface area contributed by atoms with Gasteiger partial charge in [0.15, 0.2) is 0 Å². The smallest absolute Gasteiger partial charge is 0.288 e. The third-order valence-electron chi connectivity index (χ3n) is 4.26. The first-order chi connectivity index (χ1) is 15.1. The third kappa shape index (κ3) is 5.76. The maximum Gasteiger partial charge on any atom is 0.288 e. The second-order valence-electron chi connectivity index (χ2n) is 6.54. The minimum Gasteiger partial charge on any atom is -0.322 e. The summed E-state index contributed by atoms with van der Waals surface area (Å²) in [7, 11) is -4.08. The fraction of sp³-hybridized carbons (Fsp3) is 0.0952. The number of benzene rings is 3. The number of carbonyl (C=O) groups is 1. The molecule has 3 aromatic carbocycles. The lowest BCUT2D eigenvalue weighted by atomic mass is 10.1. The van der Waals surface area contributed by atoms with Crippen LogP contribution in [0.1, 0.15) is 15.9 Å². The number of anilines is 2. The van der Waals surface area contributed by atoms with Crippen LogP contribution in [0.2, 0.25) is 5.02 Å². The number of halogens is 4. The second kappa shape index (κ2) is 9.85. The van der Waals surface area contributed by atoms with E-state index in [4.69, 9.17) is 11.6 Å². The van der Waals surface area contributed by atoms with Gasteiger partial charge in [0.25, 0.3) is 21.7 Å². The summed E-state index contributed by atoms with van der Waals surface area (Å²) in [5, 5.41) is 2.35. The molecule has 0 heterocycles. The topological polar surface area (TPSA) is 75.3 Å². The van der Waals surface area contributed by atoms with E-state index in [9.17, 15) is 26.4 Å². The van der Waals surface area contributed by atoms with Crippen molar-refractivity contribution in [2.24, 2.45) is 0 Å². The second-order valence-corrected chi connectivity index (χ2v) is 9.66. The van der Waals surface area contributed by atoms with Gasteiger partial charge in [-0.1, -0.05) is 35.5 Å². The number of carbonyl (C=O) groups excluding carboxylic acids is 1. The lowest BCUT2D eigenvalue weighted by Gasteiger charge is -2.13. The van der Waals surface area contributed by atoms with Crippen molar-refractivity contribution >= 4 is 50.7 Å². The van der Waals surface area contributed by atoms with E-state index < -0.39 is 27.5 Å². The largest absolute Gasteiger partial charge is 0.322 e. The van der Waals surface area contributed by atoms with Crippen molar-refractivity contribution < 1.29 is 26.4 Å². The molecule has 0 aliphatic heterocycles. The van der Waals surface area contributed by atoms with Crippen molar-refractivity contribution in [1.82, 2.24) is 0 Å². The third-order valence-corrected chi connectivity index (χ3v) is 6.82. The van der Waals surface area contributed by atoms with Crippen LogP contribution in [0.3, 0.4) is 0 Å². The molecule has 0 spiro atoms. The first-order valence-corrected chi connectivity index (χ1v) is 11.7. The monoisotopic (exact) mass is 500 g/mol. The van der Waals surface area contributed by atoms with Crippen LogP contribution in [0.4, 0.5) is 24.5 Å². The predicted molar refractivity (Wildman–Crippen MR) is 120 cm³/mol. The maximum absolute atomic E-state index is 14.0. The fourth-order valence-corrected chi connectivity index (χ4v) is 4.87. The molecular weight excluding hydrogens is 485 g/mol. The summed E-state index contributed by atoms with van der Waals surface area (Å²) in [5.41, 5.74) is 0.322. The number of hydrogen-bond donors (Lipinski definition) is 2. The van der Waals surface area contributed by atoms with E-state index in [1.165, 1.54) is 54.6 Å². The van der Waals surface area contributed by atoms with Gasteiger partial charge in [-0.05, 0) is 61.0 Å². The van der Waals surface area contributed by atoms with Gasteiger partial charge in [-0.2, -0.15) is 8.78 Å². The molecular formula is C21H16ClF3N2O3S2. The van der Waals surface area contributed by atoms with E-state index >= 15 is 0 Å². The summed E-state index contributed by atoms with van der Waals surface area (Å²) in [5.74, 6) is -4.23. The summed E-state index contributed by atoms with van der Waals surface area (Å²) >= 11 is 6.24. The van der Waals surface area contributed by atoms with E-state index in [0.717, 1.165) is 6.07 Å². The standard InChI is InChI=1S/C21H16ClF3N2O3S2/c1-12-5-6-14(26-20(28)19-16(22)3-2-4-17(19)23)11-18(12)32(29,30)27-13-7-9-15(10-8-13)31-21(24)25/h2-11,21,27H,1H3,(H,26,28). The van der Waals surface area contributed by atoms with Gasteiger partial charge in [-0.15, -0.1) is 0 Å². The zero-order valence-corrected chi connectivity index (χ0v) is 18.8. The molecule has 32 heavy (non-hydrogen) atoms. The Morgan fingerprint density at radius 3 is 2.31 bits per heavy atom. The van der Waals surface area contributed by atoms with Crippen LogP contribution in [0, 0.1) is 12.7 Å². The molecule has 0 aliphatic carbocycles. The molecule has 0 saturated heterocycles. The Bertz CT molecular complexity index is 1230. The fourth-order valence-electron chi connectivity index (χ4n) is 2.79. The van der Waals surface area contributed by atoms with Crippen LogP contribution in [0.25, 0.3) is 0 Å². The molecule has 0 saturated carbocycles. The number of alkyl halides is 2. The zero-order chi connectivity index (χ0) is 23.5. The summed E-state index contributed by atoms with van der Waals surface area (Å²) in [4.78, 5) is 12.6.